The van der Waals surface area contributed by atoms with E-state index in [2.05, 4.69) is 39.2 Å². The molecule has 2 rings (SSSR count). The second kappa shape index (κ2) is 8.02. The highest BCUT2D eigenvalue weighted by molar-refractivity contribution is 9.10. The summed E-state index contributed by atoms with van der Waals surface area (Å²) in [4.78, 5) is 4.01. The lowest BCUT2D eigenvalue weighted by atomic mass is 10.2. The minimum atomic E-state index is 0.548. The molecule has 0 atom stereocenters. The number of benzene rings is 1. The molecule has 1 aromatic carbocycles. The van der Waals surface area contributed by atoms with Crippen LogP contribution in [0.3, 0.4) is 0 Å². The molecule has 0 radical (unpaired) electrons. The van der Waals surface area contributed by atoms with Crippen LogP contribution in [0.5, 0.6) is 5.75 Å². The van der Waals surface area contributed by atoms with Crippen LogP contribution in [0.1, 0.15) is 24.5 Å². The molecule has 4 heteroatoms. The third-order valence-corrected chi connectivity index (χ3v) is 3.55. The smallest absolute Gasteiger partial charge is 0.138 e. The van der Waals surface area contributed by atoms with Gasteiger partial charge in [0.25, 0.3) is 0 Å². The number of nitrogens with one attached hydrogen (secondary N) is 1. The van der Waals surface area contributed by atoms with Crippen molar-refractivity contribution < 1.29 is 4.74 Å². The Kier molecular flexibility index (Phi) is 6.02. The number of aromatic nitrogens is 1. The van der Waals surface area contributed by atoms with Gasteiger partial charge in [-0.25, -0.2) is 0 Å². The lowest BCUT2D eigenvalue weighted by molar-refractivity contribution is 0.300. The molecule has 0 spiro atoms. The second-order valence-corrected chi connectivity index (χ2v) is 5.40. The molecular formula is C16H19BrN2O. The van der Waals surface area contributed by atoms with E-state index in [9.17, 15) is 0 Å². The first kappa shape index (κ1) is 15.0. The standard InChI is InChI=1S/C16H19BrN2O/c1-2-8-19-11-14-4-3-5-15(17)16(14)20-12-13-6-9-18-10-7-13/h3-7,9-10,19H,2,8,11-12H2,1H3. The summed E-state index contributed by atoms with van der Waals surface area (Å²) >= 11 is 3.56. The average molecular weight is 335 g/mol. The SMILES string of the molecule is CCCNCc1cccc(Br)c1OCc1ccncc1. The normalized spacial score (nSPS) is 10.5. The van der Waals surface area contributed by atoms with Gasteiger partial charge in [0.1, 0.15) is 12.4 Å². The van der Waals surface area contributed by atoms with Crippen LogP contribution in [0, 0.1) is 0 Å². The summed E-state index contributed by atoms with van der Waals surface area (Å²) in [5.74, 6) is 0.910. The highest BCUT2D eigenvalue weighted by atomic mass is 79.9. The Morgan fingerprint density at radius 1 is 1.20 bits per heavy atom. The maximum absolute atomic E-state index is 5.97. The molecule has 0 unspecified atom stereocenters. The van der Waals surface area contributed by atoms with E-state index in [-0.39, 0.29) is 0 Å². The van der Waals surface area contributed by atoms with Gasteiger partial charge < -0.3 is 10.1 Å². The van der Waals surface area contributed by atoms with Crippen molar-refractivity contribution in [2.45, 2.75) is 26.5 Å². The molecule has 0 amide bonds. The van der Waals surface area contributed by atoms with E-state index in [4.69, 9.17) is 4.74 Å². The van der Waals surface area contributed by atoms with Crippen LogP contribution >= 0.6 is 15.9 Å². The Hall–Kier alpha value is -1.39. The Morgan fingerprint density at radius 2 is 2.00 bits per heavy atom. The summed E-state index contributed by atoms with van der Waals surface area (Å²) in [6.45, 7) is 4.54. The Bertz CT molecular complexity index is 531. The lowest BCUT2D eigenvalue weighted by Crippen LogP contribution is -2.14. The highest BCUT2D eigenvalue weighted by Crippen LogP contribution is 2.29. The number of hydrogen-bond donors (Lipinski definition) is 1. The summed E-state index contributed by atoms with van der Waals surface area (Å²) in [6.07, 6.45) is 4.69. The fraction of sp³-hybridized carbons (Fsp3) is 0.312. The quantitative estimate of drug-likeness (QED) is 0.779. The van der Waals surface area contributed by atoms with Crippen molar-refractivity contribution in [3.05, 3.63) is 58.3 Å². The third kappa shape index (κ3) is 4.32. The summed E-state index contributed by atoms with van der Waals surface area (Å²) in [7, 11) is 0. The fourth-order valence-corrected chi connectivity index (χ4v) is 2.41. The van der Waals surface area contributed by atoms with Gasteiger partial charge in [-0.3, -0.25) is 4.98 Å². The van der Waals surface area contributed by atoms with E-state index >= 15 is 0 Å². The molecule has 0 saturated heterocycles. The van der Waals surface area contributed by atoms with Crippen LogP contribution in [-0.4, -0.2) is 11.5 Å². The van der Waals surface area contributed by atoms with Crippen molar-refractivity contribution in [2.24, 2.45) is 0 Å². The van der Waals surface area contributed by atoms with Gasteiger partial charge >= 0.3 is 0 Å². The van der Waals surface area contributed by atoms with Crippen molar-refractivity contribution in [3.8, 4) is 5.75 Å². The van der Waals surface area contributed by atoms with Crippen LogP contribution in [0.15, 0.2) is 47.2 Å². The summed E-state index contributed by atoms with van der Waals surface area (Å²) in [5, 5.41) is 3.41. The molecule has 1 N–H and O–H groups in total. The van der Waals surface area contributed by atoms with Gasteiger partial charge in [-0.15, -0.1) is 0 Å². The van der Waals surface area contributed by atoms with Crippen LogP contribution < -0.4 is 10.1 Å². The lowest BCUT2D eigenvalue weighted by Gasteiger charge is -2.14. The van der Waals surface area contributed by atoms with Crippen LogP contribution in [0.4, 0.5) is 0 Å². The van der Waals surface area contributed by atoms with Crippen molar-refractivity contribution in [1.29, 1.82) is 0 Å². The van der Waals surface area contributed by atoms with Gasteiger partial charge in [0, 0.05) is 24.5 Å². The first-order valence-corrected chi connectivity index (χ1v) is 7.60. The Balaban J connectivity index is 2.05. The van der Waals surface area contributed by atoms with Gasteiger partial charge in [-0.2, -0.15) is 0 Å². The molecule has 2 aromatic rings. The van der Waals surface area contributed by atoms with E-state index in [1.807, 2.05) is 24.3 Å². The third-order valence-electron chi connectivity index (χ3n) is 2.92. The van der Waals surface area contributed by atoms with E-state index in [1.165, 1.54) is 5.56 Å². The number of para-hydroxylation sites is 1. The molecule has 20 heavy (non-hydrogen) atoms. The maximum atomic E-state index is 5.97. The predicted molar refractivity (Wildman–Crippen MR) is 84.7 cm³/mol. The first-order valence-electron chi connectivity index (χ1n) is 6.81. The van der Waals surface area contributed by atoms with Crippen LogP contribution in [-0.2, 0) is 13.2 Å². The zero-order chi connectivity index (χ0) is 14.2. The van der Waals surface area contributed by atoms with E-state index in [1.54, 1.807) is 12.4 Å². The average Bonchev–Trinajstić information content (AvgIpc) is 2.48. The number of ether oxygens (including phenoxy) is 1. The van der Waals surface area contributed by atoms with E-state index < -0.39 is 0 Å². The molecule has 3 nitrogen and oxygen atoms in total. The topological polar surface area (TPSA) is 34.1 Å². The predicted octanol–water partition coefficient (Wildman–Crippen LogP) is 3.92. The monoisotopic (exact) mass is 334 g/mol. The summed E-state index contributed by atoms with van der Waals surface area (Å²) < 4.78 is 6.96. The summed E-state index contributed by atoms with van der Waals surface area (Å²) in [5.41, 5.74) is 2.28. The number of hydrogen-bond acceptors (Lipinski definition) is 3. The molecule has 0 saturated carbocycles. The van der Waals surface area contributed by atoms with Crippen molar-refractivity contribution in [2.75, 3.05) is 6.54 Å². The fourth-order valence-electron chi connectivity index (χ4n) is 1.89. The number of halogens is 1. The Morgan fingerprint density at radius 3 is 2.75 bits per heavy atom. The van der Waals surface area contributed by atoms with Crippen molar-refractivity contribution >= 4 is 15.9 Å². The van der Waals surface area contributed by atoms with Gasteiger partial charge in [0.05, 0.1) is 4.47 Å². The number of rotatable bonds is 7. The molecule has 106 valence electrons. The maximum Gasteiger partial charge on any atom is 0.138 e. The number of nitrogens with zero attached hydrogens (tertiary/aromatic N) is 1. The van der Waals surface area contributed by atoms with Gasteiger partial charge in [-0.1, -0.05) is 19.1 Å². The first-order chi connectivity index (χ1) is 9.81. The Labute approximate surface area is 128 Å². The van der Waals surface area contributed by atoms with Crippen LogP contribution in [0.25, 0.3) is 0 Å². The molecule has 0 aliphatic heterocycles. The van der Waals surface area contributed by atoms with Crippen molar-refractivity contribution in [3.63, 3.8) is 0 Å². The molecule has 0 bridgehead atoms. The molecule has 0 aliphatic carbocycles. The largest absolute Gasteiger partial charge is 0.487 e. The highest BCUT2D eigenvalue weighted by Gasteiger charge is 2.08. The molecular weight excluding hydrogens is 316 g/mol. The molecule has 0 fully saturated rings. The zero-order valence-electron chi connectivity index (χ0n) is 11.6. The number of pyridine rings is 1. The second-order valence-electron chi connectivity index (χ2n) is 4.55. The molecule has 0 aliphatic rings. The van der Waals surface area contributed by atoms with Gasteiger partial charge in [-0.05, 0) is 52.7 Å². The van der Waals surface area contributed by atoms with Gasteiger partial charge in [0.2, 0.25) is 0 Å². The minimum Gasteiger partial charge on any atom is -0.487 e. The van der Waals surface area contributed by atoms with E-state index in [0.29, 0.717) is 6.61 Å². The summed E-state index contributed by atoms with van der Waals surface area (Å²) in [6, 6.07) is 10.1. The zero-order valence-corrected chi connectivity index (χ0v) is 13.2. The van der Waals surface area contributed by atoms with Gasteiger partial charge in [0.15, 0.2) is 0 Å². The molecule has 1 heterocycles. The minimum absolute atomic E-state index is 0.548. The van der Waals surface area contributed by atoms with Crippen LogP contribution in [0.2, 0.25) is 0 Å². The van der Waals surface area contributed by atoms with Crippen molar-refractivity contribution in [1.82, 2.24) is 10.3 Å². The van der Waals surface area contributed by atoms with E-state index in [0.717, 1.165) is 35.3 Å². The molecule has 1 aromatic heterocycles.